The Labute approximate surface area is 894 Å². The average molecular weight is 2420 g/mol. The van der Waals surface area contributed by atoms with Gasteiger partial charge in [-0.25, -0.2) is 0 Å². The Morgan fingerprint density at radius 1 is 0.180 bits per heavy atom. The van der Waals surface area contributed by atoms with E-state index in [4.69, 9.17) is 37.9 Å². The summed E-state index contributed by atoms with van der Waals surface area (Å²) in [6, 6.07) is 32.9. The van der Waals surface area contributed by atoms with Gasteiger partial charge >= 0.3 is 47.8 Å². The lowest BCUT2D eigenvalue weighted by Gasteiger charge is -2.28. The predicted octanol–water partition coefficient (Wildman–Crippen LogP) is 29.8. The third-order valence-corrected chi connectivity index (χ3v) is 27.5. The predicted molar refractivity (Wildman–Crippen MR) is 592 cm³/mol. The second-order valence-corrected chi connectivity index (χ2v) is 56.2. The van der Waals surface area contributed by atoms with Crippen LogP contribution in [0.5, 0.6) is 46.0 Å². The van der Waals surface area contributed by atoms with E-state index in [0.29, 0.717) is 102 Å². The largest absolute Gasteiger partial charge is 0.425 e. The van der Waals surface area contributed by atoms with E-state index in [-0.39, 0.29) is 90.3 Å². The van der Waals surface area contributed by atoms with Crippen molar-refractivity contribution in [2.75, 3.05) is 0 Å². The van der Waals surface area contributed by atoms with Crippen LogP contribution in [0.15, 0.2) is 97.1 Å². The Morgan fingerprint density at radius 2 is 0.259 bits per heavy atom. The van der Waals surface area contributed by atoms with Crippen molar-refractivity contribution in [3.05, 3.63) is 231 Å². The van der Waals surface area contributed by atoms with Crippen molar-refractivity contribution in [2.45, 2.75) is 375 Å². The zero-order valence-electron chi connectivity index (χ0n) is 87.8. The fraction of sp³-hybridized carbons (Fsp3) is 0.513. The molecule has 8 unspecified atom stereocenters. The molecule has 0 aromatic heterocycles. The molecule has 139 heavy (non-hydrogen) atoms. The number of hydrogen-bond acceptors (Lipinski definition) is 16. The van der Waals surface area contributed by atoms with Crippen molar-refractivity contribution in [1.29, 1.82) is 0 Å². The van der Waals surface area contributed by atoms with E-state index in [9.17, 15) is 28.8 Å². The lowest BCUT2D eigenvalue weighted by molar-refractivity contribution is -0.134. The van der Waals surface area contributed by atoms with Crippen LogP contribution in [0, 0.1) is 0 Å². The van der Waals surface area contributed by atoms with Crippen molar-refractivity contribution in [3.8, 4) is 46.0 Å². The van der Waals surface area contributed by atoms with Gasteiger partial charge in [0.25, 0.3) is 0 Å². The fourth-order valence-electron chi connectivity index (χ4n) is 15.8. The molecule has 0 aliphatic heterocycles. The Morgan fingerprint density at radius 3 is 0.331 bits per heavy atom. The Kier molecular flexibility index (Phi) is 39.6. The van der Waals surface area contributed by atoms with Gasteiger partial charge in [0.15, 0.2) is 0 Å². The first-order valence-electron chi connectivity index (χ1n) is 47.9. The second kappa shape index (κ2) is 46.8. The van der Waals surface area contributed by atoms with Crippen LogP contribution in [0.4, 0.5) is 0 Å². The van der Waals surface area contributed by atoms with Crippen LogP contribution in [-0.2, 0) is 139 Å². The minimum atomic E-state index is -0.829. The number of carbonyl (C=O) groups excluding carboxylic acids is 8. The third kappa shape index (κ3) is 31.2. The summed E-state index contributed by atoms with van der Waals surface area (Å²) < 4.78 is 53.8. The van der Waals surface area contributed by atoms with Crippen LogP contribution in [0.25, 0.3) is 0 Å². The molecule has 0 amide bonds. The number of aryl methyl sites for hydroxylation is 2. The molecule has 16 nitrogen and oxygen atoms in total. The summed E-state index contributed by atoms with van der Waals surface area (Å²) in [4.78, 5) is 111. The monoisotopic (exact) mass is 2410 g/mol. The highest BCUT2D eigenvalue weighted by Crippen LogP contribution is 2.49. The summed E-state index contributed by atoms with van der Waals surface area (Å²) in [5.74, 6) is -2.18. The van der Waals surface area contributed by atoms with Crippen LogP contribution in [0.2, 0.25) is 0 Å². The normalized spacial score (nSPS) is 14.2. The van der Waals surface area contributed by atoms with Gasteiger partial charge in [0.1, 0.15) is 84.6 Å². The maximum absolute atomic E-state index is 15.0. The molecule has 0 saturated carbocycles. The highest BCUT2D eigenvalue weighted by atomic mass is 79.9. The van der Waals surface area contributed by atoms with Crippen molar-refractivity contribution >= 4 is 175 Å². The summed E-state index contributed by atoms with van der Waals surface area (Å²) >= 11 is 28.4. The molecule has 0 bridgehead atoms. The zero-order chi connectivity index (χ0) is 105. The quantitative estimate of drug-likeness (QED) is 0.0218. The molecule has 0 N–H and O–H groups in total. The van der Waals surface area contributed by atoms with Crippen molar-refractivity contribution in [3.63, 3.8) is 0 Å². The molecule has 0 fully saturated rings. The molecule has 8 aromatic rings. The lowest BCUT2D eigenvalue weighted by Crippen LogP contribution is -2.23. The Bertz CT molecular complexity index is 5520. The molecule has 0 heterocycles. The SMILES string of the molecule is CCc1cc(C(C)(C)C)cc(Cc2cc(C(C)(C)C)cc(Cc3cc(C(C)(C)C)cc(Cc4cc(C(C)(C)C)cc(Cc5cc(C(C)(C)C)cc(Cc6cc(C(C)(C)C)cc(Cc7cc(C(C)(C)C)cc(Cc8cc(C(C)(C)C)cc(CC)c8OC(=O)C(C)Br)c7OC(=O)C(C)Br)c6OC(=O)C(C)Br)c5OC(=O)C(C)Br)c4OC(=O)C(C)Br)c3OC(=O)C(C)Br)c2OC(=O)C(C)Br)c1OC(=O)C(C)Br. The second-order valence-electron chi connectivity index (χ2n) is 45.2. The molecule has 0 saturated heterocycles. The molecule has 8 rings (SSSR count). The van der Waals surface area contributed by atoms with Gasteiger partial charge in [-0.3, -0.25) is 38.4 Å². The first-order valence-corrected chi connectivity index (χ1v) is 55.2. The average Bonchev–Trinajstić information content (AvgIpc) is 0.761. The Balaban J connectivity index is 1.49. The van der Waals surface area contributed by atoms with Gasteiger partial charge in [0, 0.05) is 112 Å². The zero-order valence-corrected chi connectivity index (χ0v) is 100. The van der Waals surface area contributed by atoms with E-state index in [1.807, 2.05) is 62.4 Å². The summed E-state index contributed by atoms with van der Waals surface area (Å²) in [5, 5.41) is 0. The van der Waals surface area contributed by atoms with E-state index >= 15 is 9.59 Å². The van der Waals surface area contributed by atoms with Crippen molar-refractivity contribution in [2.24, 2.45) is 0 Å². The summed E-state index contributed by atoms with van der Waals surface area (Å²) in [7, 11) is 0. The van der Waals surface area contributed by atoms with Gasteiger partial charge in [-0.1, -0.05) is 405 Å². The number of halogens is 8. The van der Waals surface area contributed by atoms with Crippen LogP contribution >= 0.6 is 127 Å². The summed E-state index contributed by atoms with van der Waals surface area (Å²) in [5.41, 5.74) is 13.3. The van der Waals surface area contributed by atoms with Gasteiger partial charge in [0.05, 0.1) is 0 Å². The van der Waals surface area contributed by atoms with Gasteiger partial charge < -0.3 is 37.9 Å². The molecular formula is C115H144Br8O16. The van der Waals surface area contributed by atoms with Crippen molar-refractivity contribution < 1.29 is 76.3 Å². The standard InChI is InChI=1S/C115H144Br8O16/c1-35-68-44-84(108(11,12)13)46-70(92(68)132-100(124)60(3)116)37-72-48-86(110(17,18)19)50-74(94(72)134-102(126)62(5)118)39-76-52-88(112(23,24)25)54-78(96(76)136-104(128)64(7)120)41-80-56-90(114(29,30)31)58-82(98(80)138-106(130)66(9)122)43-83-59-91(115(32,33)34)57-81(99(83)139-107(131)67(10)123)42-79-55-89(113(26,27)28)53-77(97(79)137-105(129)65(8)121)40-75-51-87(111(20,21)22)49-73(95(75)135-103(127)63(6)119)38-71-47-85(109(14,15)16)45-69(36-2)93(71)133-101(125)61(4)117/h44-67H,35-43H2,1-34H3. The van der Waals surface area contributed by atoms with Crippen LogP contribution in [0.1, 0.15) is 369 Å². The smallest absolute Gasteiger partial charge is 0.324 e. The lowest BCUT2D eigenvalue weighted by atomic mass is 9.79. The highest BCUT2D eigenvalue weighted by molar-refractivity contribution is 9.11. The fourth-order valence-corrected chi connectivity index (χ4v) is 16.5. The minimum Gasteiger partial charge on any atom is -0.425 e. The molecule has 0 aliphatic rings. The topological polar surface area (TPSA) is 210 Å². The van der Waals surface area contributed by atoms with Crippen molar-refractivity contribution in [1.82, 2.24) is 0 Å². The minimum absolute atomic E-state index is 0.000239. The number of esters is 8. The molecule has 8 atom stereocenters. The summed E-state index contributed by atoms with van der Waals surface area (Å²) in [6.45, 7) is 68.5. The number of ether oxygens (including phenoxy) is 8. The van der Waals surface area contributed by atoms with Gasteiger partial charge in [-0.15, -0.1) is 0 Å². The van der Waals surface area contributed by atoms with E-state index in [1.165, 1.54) is 0 Å². The molecule has 8 aromatic carbocycles. The maximum atomic E-state index is 15.0. The maximum Gasteiger partial charge on any atom is 0.324 e. The van der Waals surface area contributed by atoms with E-state index < -0.39 is 119 Å². The van der Waals surface area contributed by atoms with E-state index in [0.717, 1.165) is 55.6 Å². The molecule has 24 heteroatoms. The number of benzene rings is 8. The number of rotatable bonds is 32. The van der Waals surface area contributed by atoms with Gasteiger partial charge in [-0.2, -0.15) is 0 Å². The van der Waals surface area contributed by atoms with Crippen LogP contribution < -0.4 is 37.9 Å². The van der Waals surface area contributed by atoms with E-state index in [1.54, 1.807) is 55.4 Å². The van der Waals surface area contributed by atoms with Gasteiger partial charge in [-0.05, 0) is 178 Å². The molecule has 0 radical (unpaired) electrons. The molecule has 0 spiro atoms. The first-order chi connectivity index (χ1) is 63.7. The summed E-state index contributed by atoms with van der Waals surface area (Å²) in [6.07, 6.45) is 1.51. The molecule has 0 aliphatic carbocycles. The third-order valence-electron chi connectivity index (χ3n) is 24.5. The number of hydrogen-bond donors (Lipinski definition) is 0. The Hall–Kier alpha value is -6.64. The van der Waals surface area contributed by atoms with Crippen LogP contribution in [0.3, 0.4) is 0 Å². The highest BCUT2D eigenvalue weighted by Gasteiger charge is 2.37. The first kappa shape index (κ1) is 118. The molecule has 756 valence electrons. The van der Waals surface area contributed by atoms with Gasteiger partial charge in [0.2, 0.25) is 0 Å². The number of alkyl halides is 8. The number of carbonyl (C=O) groups is 8. The van der Waals surface area contributed by atoms with Crippen LogP contribution in [-0.4, -0.2) is 86.4 Å². The molecular weight excluding hydrogens is 2280 g/mol. The van der Waals surface area contributed by atoms with E-state index in [2.05, 4.69) is 342 Å².